The SMILES string of the molecule is COCCC1(C(=O)NC(C)C2CCCC2)CCNC1. The Morgan fingerprint density at radius 3 is 2.79 bits per heavy atom. The lowest BCUT2D eigenvalue weighted by molar-refractivity contribution is -0.132. The molecule has 0 radical (unpaired) electrons. The zero-order chi connectivity index (χ0) is 13.7. The van der Waals surface area contributed by atoms with Gasteiger partial charge in [-0.2, -0.15) is 0 Å². The minimum Gasteiger partial charge on any atom is -0.385 e. The second-order valence-corrected chi connectivity index (χ2v) is 6.26. The lowest BCUT2D eigenvalue weighted by Gasteiger charge is -2.30. The molecule has 2 aliphatic rings. The highest BCUT2D eigenvalue weighted by atomic mass is 16.5. The second kappa shape index (κ2) is 6.71. The van der Waals surface area contributed by atoms with Gasteiger partial charge in [0.25, 0.3) is 0 Å². The second-order valence-electron chi connectivity index (χ2n) is 6.26. The van der Waals surface area contributed by atoms with Crippen LogP contribution in [0, 0.1) is 11.3 Å². The van der Waals surface area contributed by atoms with Crippen LogP contribution in [-0.4, -0.2) is 38.8 Å². The molecule has 2 N–H and O–H groups in total. The van der Waals surface area contributed by atoms with Crippen molar-refractivity contribution < 1.29 is 9.53 Å². The molecule has 0 bridgehead atoms. The van der Waals surface area contributed by atoms with Gasteiger partial charge in [-0.25, -0.2) is 0 Å². The number of carbonyl (C=O) groups is 1. The number of methoxy groups -OCH3 is 1. The van der Waals surface area contributed by atoms with Gasteiger partial charge < -0.3 is 15.4 Å². The van der Waals surface area contributed by atoms with Gasteiger partial charge in [0.2, 0.25) is 5.91 Å². The maximum absolute atomic E-state index is 12.6. The maximum Gasteiger partial charge on any atom is 0.227 e. The normalized spacial score (nSPS) is 29.6. The first-order chi connectivity index (χ1) is 9.18. The van der Waals surface area contributed by atoms with Crippen LogP contribution in [0.4, 0.5) is 0 Å². The molecular formula is C15H28N2O2. The summed E-state index contributed by atoms with van der Waals surface area (Å²) in [4.78, 5) is 12.6. The maximum atomic E-state index is 12.6. The molecule has 0 aromatic rings. The molecule has 1 heterocycles. The van der Waals surface area contributed by atoms with E-state index < -0.39 is 0 Å². The summed E-state index contributed by atoms with van der Waals surface area (Å²) in [6.07, 6.45) is 6.93. The van der Waals surface area contributed by atoms with Crippen molar-refractivity contribution >= 4 is 5.91 Å². The molecule has 1 saturated heterocycles. The summed E-state index contributed by atoms with van der Waals surface area (Å²) in [5.41, 5.74) is -0.247. The molecule has 2 rings (SSSR count). The van der Waals surface area contributed by atoms with Crippen LogP contribution < -0.4 is 10.6 Å². The quantitative estimate of drug-likeness (QED) is 0.771. The predicted octanol–water partition coefficient (Wildman–Crippen LogP) is 1.70. The summed E-state index contributed by atoms with van der Waals surface area (Å²) in [6, 6.07) is 0.315. The number of ether oxygens (including phenoxy) is 1. The molecule has 4 heteroatoms. The van der Waals surface area contributed by atoms with Crippen LogP contribution in [0.1, 0.15) is 45.4 Å². The van der Waals surface area contributed by atoms with Gasteiger partial charge >= 0.3 is 0 Å². The zero-order valence-corrected chi connectivity index (χ0v) is 12.3. The molecule has 1 aliphatic carbocycles. The standard InChI is InChI=1S/C15H28N2O2/c1-12(13-5-3-4-6-13)17-14(18)15(8-10-19-2)7-9-16-11-15/h12-13,16H,3-11H2,1-2H3,(H,17,18). The first kappa shape index (κ1) is 14.8. The Morgan fingerprint density at radius 1 is 1.47 bits per heavy atom. The van der Waals surface area contributed by atoms with Crippen LogP contribution in [0.15, 0.2) is 0 Å². The van der Waals surface area contributed by atoms with Crippen molar-refractivity contribution in [2.45, 2.75) is 51.5 Å². The van der Waals surface area contributed by atoms with Crippen molar-refractivity contribution in [2.75, 3.05) is 26.8 Å². The Balaban J connectivity index is 1.91. The summed E-state index contributed by atoms with van der Waals surface area (Å²) < 4.78 is 5.18. The first-order valence-electron chi connectivity index (χ1n) is 7.68. The summed E-state index contributed by atoms with van der Waals surface area (Å²) >= 11 is 0. The van der Waals surface area contributed by atoms with E-state index in [0.29, 0.717) is 18.6 Å². The zero-order valence-electron chi connectivity index (χ0n) is 12.3. The van der Waals surface area contributed by atoms with Gasteiger partial charge in [0, 0.05) is 26.3 Å². The van der Waals surface area contributed by atoms with Gasteiger partial charge in [0.15, 0.2) is 0 Å². The topological polar surface area (TPSA) is 50.4 Å². The largest absolute Gasteiger partial charge is 0.385 e. The number of nitrogens with one attached hydrogen (secondary N) is 2. The number of hydrogen-bond donors (Lipinski definition) is 2. The highest BCUT2D eigenvalue weighted by molar-refractivity contribution is 5.83. The van der Waals surface area contributed by atoms with Gasteiger partial charge in [-0.05, 0) is 45.1 Å². The van der Waals surface area contributed by atoms with Crippen molar-refractivity contribution in [1.29, 1.82) is 0 Å². The van der Waals surface area contributed by atoms with Gasteiger partial charge in [-0.3, -0.25) is 4.79 Å². The van der Waals surface area contributed by atoms with Crippen molar-refractivity contribution in [2.24, 2.45) is 11.3 Å². The van der Waals surface area contributed by atoms with Gasteiger partial charge in [0.05, 0.1) is 5.41 Å². The summed E-state index contributed by atoms with van der Waals surface area (Å²) in [6.45, 7) is 4.56. The summed E-state index contributed by atoms with van der Waals surface area (Å²) in [5.74, 6) is 0.909. The van der Waals surface area contributed by atoms with Crippen molar-refractivity contribution in [1.82, 2.24) is 10.6 Å². The van der Waals surface area contributed by atoms with Crippen LogP contribution in [0.25, 0.3) is 0 Å². The molecule has 2 atom stereocenters. The Labute approximate surface area is 116 Å². The monoisotopic (exact) mass is 268 g/mol. The van der Waals surface area contributed by atoms with Crippen molar-refractivity contribution in [3.05, 3.63) is 0 Å². The van der Waals surface area contributed by atoms with Crippen LogP contribution in [0.2, 0.25) is 0 Å². The molecule has 1 aliphatic heterocycles. The van der Waals surface area contributed by atoms with Crippen LogP contribution in [0.5, 0.6) is 0 Å². The molecule has 1 saturated carbocycles. The highest BCUT2D eigenvalue weighted by Crippen LogP contribution is 2.32. The Morgan fingerprint density at radius 2 is 2.21 bits per heavy atom. The van der Waals surface area contributed by atoms with Gasteiger partial charge in [0.1, 0.15) is 0 Å². The van der Waals surface area contributed by atoms with E-state index in [1.807, 2.05) is 0 Å². The third-order valence-electron chi connectivity index (χ3n) is 4.98. The lowest BCUT2D eigenvalue weighted by atomic mass is 9.82. The molecule has 0 spiro atoms. The van der Waals surface area contributed by atoms with E-state index in [1.54, 1.807) is 7.11 Å². The minimum atomic E-state index is -0.247. The summed E-state index contributed by atoms with van der Waals surface area (Å²) in [7, 11) is 1.70. The molecule has 4 nitrogen and oxygen atoms in total. The van der Waals surface area contributed by atoms with Gasteiger partial charge in [-0.15, -0.1) is 0 Å². The van der Waals surface area contributed by atoms with Crippen LogP contribution in [-0.2, 0) is 9.53 Å². The number of carbonyl (C=O) groups excluding carboxylic acids is 1. The molecule has 110 valence electrons. The third-order valence-corrected chi connectivity index (χ3v) is 4.98. The average molecular weight is 268 g/mol. The molecular weight excluding hydrogens is 240 g/mol. The Hall–Kier alpha value is -0.610. The summed E-state index contributed by atoms with van der Waals surface area (Å²) in [5, 5.41) is 6.61. The molecule has 1 amide bonds. The molecule has 0 aromatic carbocycles. The Bertz CT molecular complexity index is 295. The molecule has 2 fully saturated rings. The molecule has 2 unspecified atom stereocenters. The third kappa shape index (κ3) is 3.48. The molecule has 0 aromatic heterocycles. The fraction of sp³-hybridized carbons (Fsp3) is 0.933. The number of hydrogen-bond acceptors (Lipinski definition) is 3. The minimum absolute atomic E-state index is 0.231. The van der Waals surface area contributed by atoms with E-state index in [9.17, 15) is 4.79 Å². The number of rotatable bonds is 6. The van der Waals surface area contributed by atoms with Gasteiger partial charge in [-0.1, -0.05) is 12.8 Å². The first-order valence-corrected chi connectivity index (χ1v) is 7.68. The van der Waals surface area contributed by atoms with Crippen molar-refractivity contribution in [3.8, 4) is 0 Å². The Kier molecular flexibility index (Phi) is 5.22. The fourth-order valence-electron chi connectivity index (χ4n) is 3.50. The molecule has 19 heavy (non-hydrogen) atoms. The van der Waals surface area contributed by atoms with E-state index in [2.05, 4.69) is 17.6 Å². The van der Waals surface area contributed by atoms with Crippen LogP contribution >= 0.6 is 0 Å². The highest BCUT2D eigenvalue weighted by Gasteiger charge is 2.41. The smallest absolute Gasteiger partial charge is 0.227 e. The lowest BCUT2D eigenvalue weighted by Crippen LogP contribution is -2.48. The van der Waals surface area contributed by atoms with Crippen LogP contribution in [0.3, 0.4) is 0 Å². The van der Waals surface area contributed by atoms with E-state index in [-0.39, 0.29) is 11.3 Å². The predicted molar refractivity (Wildman–Crippen MR) is 76.0 cm³/mol. The fourth-order valence-corrected chi connectivity index (χ4v) is 3.50. The van der Waals surface area contributed by atoms with E-state index >= 15 is 0 Å². The van der Waals surface area contributed by atoms with E-state index in [4.69, 9.17) is 4.74 Å². The number of amides is 1. The van der Waals surface area contributed by atoms with E-state index in [0.717, 1.165) is 25.9 Å². The van der Waals surface area contributed by atoms with Crippen molar-refractivity contribution in [3.63, 3.8) is 0 Å². The average Bonchev–Trinajstić information content (AvgIpc) is 3.08. The van der Waals surface area contributed by atoms with E-state index in [1.165, 1.54) is 25.7 Å².